The van der Waals surface area contributed by atoms with Crippen LogP contribution >= 0.6 is 11.3 Å². The lowest BCUT2D eigenvalue weighted by Gasteiger charge is -2.19. The van der Waals surface area contributed by atoms with Crippen LogP contribution in [0.3, 0.4) is 0 Å². The largest absolute Gasteiger partial charge is 0.281 e. The topological polar surface area (TPSA) is 41.5 Å². The molecule has 2 atom stereocenters. The van der Waals surface area contributed by atoms with E-state index in [1.54, 1.807) is 11.3 Å². The van der Waals surface area contributed by atoms with E-state index in [1.165, 1.54) is 36.1 Å². The molecule has 0 spiro atoms. The molecule has 0 aliphatic heterocycles. The molecule has 1 aromatic heterocycles. The Bertz CT molecular complexity index is 576. The van der Waals surface area contributed by atoms with Crippen LogP contribution in [0, 0.1) is 11.8 Å². The van der Waals surface area contributed by atoms with Crippen LogP contribution in [-0.2, 0) is 12.8 Å². The number of aryl methyl sites for hydroxylation is 1. The number of nitrogens with zero attached hydrogens (tertiary/aromatic N) is 1. The third-order valence-corrected chi connectivity index (χ3v) is 6.28. The zero-order valence-electron chi connectivity index (χ0n) is 13.7. The average molecular weight is 318 g/mol. The molecular weight excluding hydrogens is 292 g/mol. The van der Waals surface area contributed by atoms with Crippen LogP contribution in [0.4, 0.5) is 0 Å². The van der Waals surface area contributed by atoms with Crippen molar-refractivity contribution in [3.05, 3.63) is 21.4 Å². The van der Waals surface area contributed by atoms with Crippen LogP contribution in [0.25, 0.3) is 0 Å². The number of thiophene rings is 1. The van der Waals surface area contributed by atoms with Gasteiger partial charge in [0.1, 0.15) is 0 Å². The lowest BCUT2D eigenvalue weighted by molar-refractivity contribution is 0.0958. The zero-order chi connectivity index (χ0) is 15.5. The van der Waals surface area contributed by atoms with Crippen molar-refractivity contribution in [3.8, 4) is 0 Å². The summed E-state index contributed by atoms with van der Waals surface area (Å²) in [6.45, 7) is 4.52. The molecule has 1 fully saturated rings. The number of rotatable bonds is 3. The first-order valence-electron chi connectivity index (χ1n) is 8.63. The number of nitrogens with one attached hydrogen (secondary N) is 1. The van der Waals surface area contributed by atoms with Crippen LogP contribution in [0.5, 0.6) is 0 Å². The minimum atomic E-state index is -0.0295. The van der Waals surface area contributed by atoms with Crippen molar-refractivity contribution in [3.63, 3.8) is 0 Å². The molecule has 1 amide bonds. The molecule has 4 heteroatoms. The summed E-state index contributed by atoms with van der Waals surface area (Å²) in [6, 6.07) is 2.10. The quantitative estimate of drug-likeness (QED) is 0.816. The molecule has 1 saturated carbocycles. The van der Waals surface area contributed by atoms with Gasteiger partial charge in [0, 0.05) is 10.6 Å². The van der Waals surface area contributed by atoms with Crippen LogP contribution in [0.2, 0.25) is 0 Å². The molecule has 120 valence electrons. The fourth-order valence-corrected chi connectivity index (χ4v) is 4.71. The summed E-state index contributed by atoms with van der Waals surface area (Å²) in [5, 5.41) is 4.37. The Kier molecular flexibility index (Phi) is 4.97. The van der Waals surface area contributed by atoms with E-state index in [-0.39, 0.29) is 5.91 Å². The normalized spacial score (nSPS) is 26.7. The van der Waals surface area contributed by atoms with E-state index in [9.17, 15) is 4.79 Å². The van der Waals surface area contributed by atoms with Gasteiger partial charge in [0.25, 0.3) is 5.91 Å². The number of hydrogen-bond donors (Lipinski definition) is 1. The van der Waals surface area contributed by atoms with Gasteiger partial charge in [0.15, 0.2) is 0 Å². The van der Waals surface area contributed by atoms with Crippen molar-refractivity contribution in [2.75, 3.05) is 0 Å². The average Bonchev–Trinajstić information content (AvgIpc) is 2.95. The van der Waals surface area contributed by atoms with Gasteiger partial charge in [-0.05, 0) is 68.4 Å². The van der Waals surface area contributed by atoms with E-state index in [2.05, 4.69) is 30.4 Å². The summed E-state index contributed by atoms with van der Waals surface area (Å²) in [5.74, 6) is 1.46. The zero-order valence-corrected chi connectivity index (χ0v) is 14.5. The van der Waals surface area contributed by atoms with E-state index in [0.29, 0.717) is 5.92 Å². The fourth-order valence-electron chi connectivity index (χ4n) is 3.61. The SMILES string of the molecule is CC[C@H]1CCc2sc(C(=O)N/N=C3/CCC[C@H](C)C3)cc2C1. The van der Waals surface area contributed by atoms with Gasteiger partial charge >= 0.3 is 0 Å². The van der Waals surface area contributed by atoms with Crippen LogP contribution in [-0.4, -0.2) is 11.6 Å². The third kappa shape index (κ3) is 3.60. The maximum atomic E-state index is 12.3. The molecule has 0 radical (unpaired) electrons. The summed E-state index contributed by atoms with van der Waals surface area (Å²) in [4.78, 5) is 14.6. The lowest BCUT2D eigenvalue weighted by Crippen LogP contribution is -2.21. The second-order valence-corrected chi connectivity index (χ2v) is 8.03. The predicted octanol–water partition coefficient (Wildman–Crippen LogP) is 4.56. The second-order valence-electron chi connectivity index (χ2n) is 6.90. The molecule has 1 heterocycles. The predicted molar refractivity (Wildman–Crippen MR) is 92.7 cm³/mol. The highest BCUT2D eigenvalue weighted by Crippen LogP contribution is 2.33. The molecule has 1 N–H and O–H groups in total. The Morgan fingerprint density at radius 2 is 2.23 bits per heavy atom. The molecule has 2 aliphatic carbocycles. The van der Waals surface area contributed by atoms with Gasteiger partial charge in [-0.2, -0.15) is 5.10 Å². The van der Waals surface area contributed by atoms with E-state index in [1.807, 2.05) is 0 Å². The third-order valence-electron chi connectivity index (χ3n) is 5.05. The van der Waals surface area contributed by atoms with Gasteiger partial charge in [-0.25, -0.2) is 5.43 Å². The molecule has 2 aliphatic rings. The monoisotopic (exact) mass is 318 g/mol. The molecule has 0 unspecified atom stereocenters. The maximum Gasteiger partial charge on any atom is 0.281 e. The molecule has 1 aromatic rings. The molecule has 0 aromatic carbocycles. The first-order valence-corrected chi connectivity index (χ1v) is 9.44. The Labute approximate surface area is 137 Å². The highest BCUT2D eigenvalue weighted by molar-refractivity contribution is 7.14. The smallest absolute Gasteiger partial charge is 0.266 e. The first kappa shape index (κ1) is 15.7. The van der Waals surface area contributed by atoms with Crippen molar-refractivity contribution in [1.82, 2.24) is 5.43 Å². The van der Waals surface area contributed by atoms with E-state index >= 15 is 0 Å². The summed E-state index contributed by atoms with van der Waals surface area (Å²) in [5.41, 5.74) is 5.33. The van der Waals surface area contributed by atoms with Gasteiger partial charge in [0.05, 0.1) is 4.88 Å². The Hall–Kier alpha value is -1.16. The van der Waals surface area contributed by atoms with Crippen molar-refractivity contribution in [1.29, 1.82) is 0 Å². The van der Waals surface area contributed by atoms with Gasteiger partial charge in [0.2, 0.25) is 0 Å². The number of fused-ring (bicyclic) bond motifs is 1. The Morgan fingerprint density at radius 1 is 1.36 bits per heavy atom. The van der Waals surface area contributed by atoms with Crippen molar-refractivity contribution in [2.24, 2.45) is 16.9 Å². The number of hydrogen-bond acceptors (Lipinski definition) is 3. The summed E-state index contributed by atoms with van der Waals surface area (Å²) in [6.07, 6.45) is 9.32. The molecule has 0 saturated heterocycles. The van der Waals surface area contributed by atoms with E-state index in [0.717, 1.165) is 42.2 Å². The van der Waals surface area contributed by atoms with Crippen molar-refractivity contribution in [2.45, 2.75) is 65.2 Å². The maximum absolute atomic E-state index is 12.3. The summed E-state index contributed by atoms with van der Waals surface area (Å²) >= 11 is 1.66. The molecule has 0 bridgehead atoms. The second kappa shape index (κ2) is 6.95. The highest BCUT2D eigenvalue weighted by atomic mass is 32.1. The summed E-state index contributed by atoms with van der Waals surface area (Å²) in [7, 11) is 0. The number of hydrazone groups is 1. The minimum Gasteiger partial charge on any atom is -0.266 e. The summed E-state index contributed by atoms with van der Waals surface area (Å²) < 4.78 is 0. The van der Waals surface area contributed by atoms with Crippen molar-refractivity contribution >= 4 is 23.0 Å². The molecule has 3 rings (SSSR count). The Morgan fingerprint density at radius 3 is 3.00 bits per heavy atom. The Balaban J connectivity index is 1.63. The van der Waals surface area contributed by atoms with Gasteiger partial charge in [-0.3, -0.25) is 4.79 Å². The van der Waals surface area contributed by atoms with Gasteiger partial charge < -0.3 is 0 Å². The first-order chi connectivity index (χ1) is 10.7. The van der Waals surface area contributed by atoms with Gasteiger partial charge in [-0.15, -0.1) is 11.3 Å². The van der Waals surface area contributed by atoms with Crippen LogP contribution in [0.1, 0.15) is 72.5 Å². The number of carbonyl (C=O) groups is 1. The fraction of sp³-hybridized carbons (Fsp3) is 0.667. The van der Waals surface area contributed by atoms with E-state index in [4.69, 9.17) is 0 Å². The van der Waals surface area contributed by atoms with Crippen LogP contribution in [0.15, 0.2) is 11.2 Å². The number of amides is 1. The molecular formula is C18H26N2OS. The standard InChI is InChI=1S/C18H26N2OS/c1-3-13-7-8-16-14(10-13)11-17(22-16)18(21)20-19-15-6-4-5-12(2)9-15/h11-13H,3-10H2,1-2H3,(H,20,21)/b19-15-/t12-,13-/m0/s1. The molecule has 22 heavy (non-hydrogen) atoms. The van der Waals surface area contributed by atoms with Gasteiger partial charge in [-0.1, -0.05) is 20.3 Å². The van der Waals surface area contributed by atoms with Crippen molar-refractivity contribution < 1.29 is 4.79 Å². The molecule has 3 nitrogen and oxygen atoms in total. The van der Waals surface area contributed by atoms with Crippen LogP contribution < -0.4 is 5.43 Å². The lowest BCUT2D eigenvalue weighted by atomic mass is 9.87. The van der Waals surface area contributed by atoms with E-state index < -0.39 is 0 Å². The minimum absolute atomic E-state index is 0.0295. The number of carbonyl (C=O) groups excluding carboxylic acids is 1. The highest BCUT2D eigenvalue weighted by Gasteiger charge is 2.22.